The molecule has 104 valence electrons. The lowest BCUT2D eigenvalue weighted by Crippen LogP contribution is -2.56. The Labute approximate surface area is 110 Å². The highest BCUT2D eigenvalue weighted by atomic mass is 16.2. The summed E-state index contributed by atoms with van der Waals surface area (Å²) < 4.78 is 0. The van der Waals surface area contributed by atoms with E-state index in [2.05, 4.69) is 22.2 Å². The van der Waals surface area contributed by atoms with Gasteiger partial charge in [0.15, 0.2) is 0 Å². The SMILES string of the molecule is CN1CCC(CN(C)C(=O)C2CNCCN2C)C1. The van der Waals surface area contributed by atoms with Crippen LogP contribution in [0.2, 0.25) is 0 Å². The number of hydrogen-bond acceptors (Lipinski definition) is 4. The summed E-state index contributed by atoms with van der Waals surface area (Å²) in [5, 5.41) is 3.30. The molecule has 0 aromatic heterocycles. The van der Waals surface area contributed by atoms with Crippen LogP contribution in [0.4, 0.5) is 0 Å². The van der Waals surface area contributed by atoms with E-state index in [1.807, 2.05) is 19.0 Å². The molecule has 5 nitrogen and oxygen atoms in total. The molecule has 0 saturated carbocycles. The molecule has 0 aromatic carbocycles. The number of carbonyl (C=O) groups excluding carboxylic acids is 1. The molecule has 0 spiro atoms. The number of nitrogens with one attached hydrogen (secondary N) is 1. The molecule has 0 aliphatic carbocycles. The molecule has 0 radical (unpaired) electrons. The van der Waals surface area contributed by atoms with Crippen molar-refractivity contribution < 1.29 is 4.79 Å². The van der Waals surface area contributed by atoms with Gasteiger partial charge in [0.25, 0.3) is 0 Å². The first-order valence-electron chi connectivity index (χ1n) is 6.92. The predicted molar refractivity (Wildman–Crippen MR) is 72.5 cm³/mol. The topological polar surface area (TPSA) is 38.8 Å². The number of likely N-dealkylation sites (tertiary alicyclic amines) is 1. The summed E-state index contributed by atoms with van der Waals surface area (Å²) >= 11 is 0. The fraction of sp³-hybridized carbons (Fsp3) is 0.923. The van der Waals surface area contributed by atoms with E-state index in [0.29, 0.717) is 5.92 Å². The van der Waals surface area contributed by atoms with Gasteiger partial charge in [0, 0.05) is 39.8 Å². The van der Waals surface area contributed by atoms with Crippen LogP contribution in [0.3, 0.4) is 0 Å². The lowest BCUT2D eigenvalue weighted by atomic mass is 10.1. The van der Waals surface area contributed by atoms with Crippen LogP contribution in [-0.4, -0.2) is 87.1 Å². The maximum Gasteiger partial charge on any atom is 0.240 e. The number of nitrogens with zero attached hydrogens (tertiary/aromatic N) is 3. The minimum atomic E-state index is 0.0166. The third kappa shape index (κ3) is 3.22. The average Bonchev–Trinajstić information content (AvgIpc) is 2.74. The fourth-order valence-electron chi connectivity index (χ4n) is 2.99. The van der Waals surface area contributed by atoms with E-state index in [1.165, 1.54) is 6.42 Å². The zero-order valence-electron chi connectivity index (χ0n) is 11.9. The van der Waals surface area contributed by atoms with Crippen LogP contribution in [0.15, 0.2) is 0 Å². The second-order valence-electron chi connectivity index (χ2n) is 5.84. The van der Waals surface area contributed by atoms with Crippen molar-refractivity contribution in [2.45, 2.75) is 12.5 Å². The molecule has 1 N–H and O–H groups in total. The van der Waals surface area contributed by atoms with Crippen LogP contribution in [-0.2, 0) is 4.79 Å². The van der Waals surface area contributed by atoms with Gasteiger partial charge in [-0.1, -0.05) is 0 Å². The van der Waals surface area contributed by atoms with Gasteiger partial charge >= 0.3 is 0 Å². The molecule has 2 heterocycles. The number of hydrogen-bond donors (Lipinski definition) is 1. The largest absolute Gasteiger partial charge is 0.344 e. The van der Waals surface area contributed by atoms with Crippen molar-refractivity contribution in [2.24, 2.45) is 5.92 Å². The zero-order chi connectivity index (χ0) is 13.1. The van der Waals surface area contributed by atoms with Gasteiger partial charge in [-0.2, -0.15) is 0 Å². The standard InChI is InChI=1S/C13H26N4O/c1-15-6-4-11(9-15)10-17(3)13(18)12-8-14-5-7-16(12)2/h11-12,14H,4-10H2,1-3H3. The van der Waals surface area contributed by atoms with Crippen molar-refractivity contribution >= 4 is 5.91 Å². The molecule has 2 unspecified atom stereocenters. The number of piperazine rings is 1. The quantitative estimate of drug-likeness (QED) is 0.723. The molecule has 2 saturated heterocycles. The van der Waals surface area contributed by atoms with Crippen LogP contribution in [0, 0.1) is 5.92 Å². The summed E-state index contributed by atoms with van der Waals surface area (Å²) in [7, 11) is 6.14. The number of carbonyl (C=O) groups is 1. The molecule has 2 atom stereocenters. The highest BCUT2D eigenvalue weighted by Crippen LogP contribution is 2.16. The Morgan fingerprint density at radius 3 is 2.78 bits per heavy atom. The van der Waals surface area contributed by atoms with Crippen LogP contribution in [0.1, 0.15) is 6.42 Å². The predicted octanol–water partition coefficient (Wildman–Crippen LogP) is -0.700. The lowest BCUT2D eigenvalue weighted by molar-refractivity contribution is -0.136. The second kappa shape index (κ2) is 5.99. The Morgan fingerprint density at radius 1 is 1.39 bits per heavy atom. The van der Waals surface area contributed by atoms with E-state index in [9.17, 15) is 4.79 Å². The van der Waals surface area contributed by atoms with Crippen molar-refractivity contribution in [1.29, 1.82) is 0 Å². The van der Waals surface area contributed by atoms with Crippen molar-refractivity contribution in [3.8, 4) is 0 Å². The molecular weight excluding hydrogens is 228 g/mol. The molecule has 5 heteroatoms. The van der Waals surface area contributed by atoms with Crippen LogP contribution >= 0.6 is 0 Å². The van der Waals surface area contributed by atoms with Crippen molar-refractivity contribution in [2.75, 3.05) is 60.4 Å². The molecule has 0 bridgehead atoms. The maximum absolute atomic E-state index is 12.4. The zero-order valence-corrected chi connectivity index (χ0v) is 11.9. The first kappa shape index (κ1) is 13.8. The molecule has 2 rings (SSSR count). The van der Waals surface area contributed by atoms with Crippen LogP contribution in [0.25, 0.3) is 0 Å². The van der Waals surface area contributed by atoms with Crippen LogP contribution < -0.4 is 5.32 Å². The first-order valence-corrected chi connectivity index (χ1v) is 6.92. The first-order chi connectivity index (χ1) is 8.58. The minimum absolute atomic E-state index is 0.0166. The summed E-state index contributed by atoms with van der Waals surface area (Å²) in [4.78, 5) is 18.8. The molecular formula is C13H26N4O. The van der Waals surface area contributed by atoms with E-state index in [4.69, 9.17) is 0 Å². The maximum atomic E-state index is 12.4. The van der Waals surface area contributed by atoms with E-state index in [1.54, 1.807) is 0 Å². The molecule has 2 aliphatic rings. The van der Waals surface area contributed by atoms with Gasteiger partial charge < -0.3 is 15.1 Å². The van der Waals surface area contributed by atoms with Gasteiger partial charge in [0.1, 0.15) is 6.04 Å². The van der Waals surface area contributed by atoms with Gasteiger partial charge in [-0.25, -0.2) is 0 Å². The second-order valence-corrected chi connectivity index (χ2v) is 5.84. The lowest BCUT2D eigenvalue weighted by Gasteiger charge is -2.35. The smallest absolute Gasteiger partial charge is 0.240 e. The van der Waals surface area contributed by atoms with Gasteiger partial charge in [-0.3, -0.25) is 9.69 Å². The monoisotopic (exact) mass is 254 g/mol. The van der Waals surface area contributed by atoms with Crippen LogP contribution in [0.5, 0.6) is 0 Å². The van der Waals surface area contributed by atoms with E-state index in [0.717, 1.165) is 39.3 Å². The Morgan fingerprint density at radius 2 is 2.17 bits per heavy atom. The van der Waals surface area contributed by atoms with Gasteiger partial charge in [-0.15, -0.1) is 0 Å². The molecule has 0 aromatic rings. The molecule has 1 amide bonds. The Balaban J connectivity index is 1.84. The third-order valence-corrected chi connectivity index (χ3v) is 4.19. The molecule has 2 fully saturated rings. The highest BCUT2D eigenvalue weighted by molar-refractivity contribution is 5.82. The number of rotatable bonds is 3. The summed E-state index contributed by atoms with van der Waals surface area (Å²) in [6, 6.07) is 0.0166. The third-order valence-electron chi connectivity index (χ3n) is 4.19. The van der Waals surface area contributed by atoms with Crippen molar-refractivity contribution in [1.82, 2.24) is 20.0 Å². The van der Waals surface area contributed by atoms with Crippen molar-refractivity contribution in [3.63, 3.8) is 0 Å². The number of likely N-dealkylation sites (N-methyl/N-ethyl adjacent to an activating group) is 2. The van der Waals surface area contributed by atoms with Gasteiger partial charge in [0.2, 0.25) is 5.91 Å². The van der Waals surface area contributed by atoms with E-state index < -0.39 is 0 Å². The Hall–Kier alpha value is -0.650. The minimum Gasteiger partial charge on any atom is -0.344 e. The summed E-state index contributed by atoms with van der Waals surface area (Å²) in [5.74, 6) is 0.907. The summed E-state index contributed by atoms with van der Waals surface area (Å²) in [6.45, 7) is 5.90. The summed E-state index contributed by atoms with van der Waals surface area (Å²) in [6.07, 6.45) is 1.22. The van der Waals surface area contributed by atoms with Gasteiger partial charge in [-0.05, 0) is 33.0 Å². The highest BCUT2D eigenvalue weighted by Gasteiger charge is 2.30. The normalized spacial score (nSPS) is 30.6. The van der Waals surface area contributed by atoms with Gasteiger partial charge in [0.05, 0.1) is 0 Å². The number of amides is 1. The average molecular weight is 254 g/mol. The Bertz CT molecular complexity index is 297. The molecule has 2 aliphatic heterocycles. The molecule has 18 heavy (non-hydrogen) atoms. The van der Waals surface area contributed by atoms with E-state index >= 15 is 0 Å². The fourth-order valence-corrected chi connectivity index (χ4v) is 2.99. The van der Waals surface area contributed by atoms with Crippen molar-refractivity contribution in [3.05, 3.63) is 0 Å². The van der Waals surface area contributed by atoms with E-state index in [-0.39, 0.29) is 11.9 Å². The Kier molecular flexibility index (Phi) is 4.59. The summed E-state index contributed by atoms with van der Waals surface area (Å²) in [5.41, 5.74) is 0.